The molecule has 2 aromatic rings. The molecule has 0 aliphatic heterocycles. The second-order valence-electron chi connectivity index (χ2n) is 5.07. The predicted molar refractivity (Wildman–Crippen MR) is 86.2 cm³/mol. The van der Waals surface area contributed by atoms with E-state index < -0.39 is 0 Å². The number of nitrogens with one attached hydrogen (secondary N) is 1. The van der Waals surface area contributed by atoms with Gasteiger partial charge in [0.05, 0.1) is 26.7 Å². The summed E-state index contributed by atoms with van der Waals surface area (Å²) in [5.41, 5.74) is 1.97. The van der Waals surface area contributed by atoms with Crippen LogP contribution in [-0.4, -0.2) is 20.1 Å². The lowest BCUT2D eigenvalue weighted by molar-refractivity contribution is -0.121. The van der Waals surface area contributed by atoms with Crippen LogP contribution in [0.2, 0.25) is 0 Å². The summed E-state index contributed by atoms with van der Waals surface area (Å²) in [6, 6.07) is 15.4. The van der Waals surface area contributed by atoms with Crippen molar-refractivity contribution in [1.29, 1.82) is 0 Å². The molecular formula is C18H21NO3. The maximum Gasteiger partial charge on any atom is 0.224 e. The Balaban J connectivity index is 2.00. The third kappa shape index (κ3) is 4.01. The Morgan fingerprint density at radius 2 is 1.73 bits per heavy atom. The number of carbonyl (C=O) groups is 1. The van der Waals surface area contributed by atoms with E-state index in [4.69, 9.17) is 9.47 Å². The van der Waals surface area contributed by atoms with Gasteiger partial charge in [-0.1, -0.05) is 36.4 Å². The predicted octanol–water partition coefficient (Wildman–Crippen LogP) is 3.12. The summed E-state index contributed by atoms with van der Waals surface area (Å²) in [7, 11) is 3.17. The number of hydrogen-bond donors (Lipinski definition) is 1. The molecular weight excluding hydrogens is 278 g/mol. The Kier molecular flexibility index (Phi) is 5.42. The maximum absolute atomic E-state index is 12.2. The van der Waals surface area contributed by atoms with Crippen molar-refractivity contribution in [2.24, 2.45) is 0 Å². The summed E-state index contributed by atoms with van der Waals surface area (Å²) in [4.78, 5) is 12.2. The van der Waals surface area contributed by atoms with Gasteiger partial charge in [-0.3, -0.25) is 4.79 Å². The Bertz CT molecular complexity index is 625. The van der Waals surface area contributed by atoms with Crippen LogP contribution in [0.1, 0.15) is 24.1 Å². The molecule has 2 rings (SSSR count). The molecule has 0 saturated carbocycles. The average Bonchev–Trinajstić information content (AvgIpc) is 2.55. The van der Waals surface area contributed by atoms with Crippen LogP contribution in [0, 0.1) is 0 Å². The number of rotatable bonds is 6. The highest BCUT2D eigenvalue weighted by atomic mass is 16.5. The molecule has 0 aliphatic rings. The summed E-state index contributed by atoms with van der Waals surface area (Å²) in [5, 5.41) is 3.00. The van der Waals surface area contributed by atoms with Crippen LogP contribution in [0.5, 0.6) is 11.5 Å². The second-order valence-corrected chi connectivity index (χ2v) is 5.07. The third-order valence-corrected chi connectivity index (χ3v) is 3.49. The lowest BCUT2D eigenvalue weighted by Crippen LogP contribution is -2.28. The van der Waals surface area contributed by atoms with E-state index in [2.05, 4.69) is 5.32 Å². The SMILES string of the molecule is COc1ccc(CC(=O)NC(C)c2ccccc2)cc1OC. The van der Waals surface area contributed by atoms with Crippen molar-refractivity contribution in [3.05, 3.63) is 59.7 Å². The molecule has 0 fully saturated rings. The Hall–Kier alpha value is -2.49. The summed E-state index contributed by atoms with van der Waals surface area (Å²) in [6.07, 6.45) is 0.303. The number of methoxy groups -OCH3 is 2. The van der Waals surface area contributed by atoms with E-state index in [1.807, 2.05) is 55.5 Å². The molecule has 1 amide bonds. The Morgan fingerprint density at radius 3 is 2.36 bits per heavy atom. The smallest absolute Gasteiger partial charge is 0.224 e. The van der Waals surface area contributed by atoms with E-state index in [-0.39, 0.29) is 11.9 Å². The van der Waals surface area contributed by atoms with Crippen molar-refractivity contribution in [3.8, 4) is 11.5 Å². The Morgan fingerprint density at radius 1 is 1.05 bits per heavy atom. The average molecular weight is 299 g/mol. The van der Waals surface area contributed by atoms with Crippen molar-refractivity contribution < 1.29 is 14.3 Å². The van der Waals surface area contributed by atoms with Gasteiger partial charge in [0.2, 0.25) is 5.91 Å². The van der Waals surface area contributed by atoms with E-state index in [1.165, 1.54) is 0 Å². The molecule has 0 heterocycles. The molecule has 0 spiro atoms. The molecule has 1 unspecified atom stereocenters. The second kappa shape index (κ2) is 7.50. The maximum atomic E-state index is 12.2. The van der Waals surface area contributed by atoms with Gasteiger partial charge in [-0.2, -0.15) is 0 Å². The molecule has 0 bridgehead atoms. The topological polar surface area (TPSA) is 47.6 Å². The fourth-order valence-electron chi connectivity index (χ4n) is 2.29. The van der Waals surface area contributed by atoms with Crippen molar-refractivity contribution in [1.82, 2.24) is 5.32 Å². The molecule has 116 valence electrons. The number of ether oxygens (including phenoxy) is 2. The van der Waals surface area contributed by atoms with Crippen molar-refractivity contribution >= 4 is 5.91 Å². The highest BCUT2D eigenvalue weighted by molar-refractivity contribution is 5.79. The zero-order valence-corrected chi connectivity index (χ0v) is 13.1. The summed E-state index contributed by atoms with van der Waals surface area (Å²) in [5.74, 6) is 1.26. The molecule has 4 heteroatoms. The summed E-state index contributed by atoms with van der Waals surface area (Å²) >= 11 is 0. The molecule has 0 aliphatic carbocycles. The van der Waals surface area contributed by atoms with Crippen LogP contribution in [0.3, 0.4) is 0 Å². The molecule has 22 heavy (non-hydrogen) atoms. The molecule has 2 aromatic carbocycles. The number of carbonyl (C=O) groups excluding carboxylic acids is 1. The minimum absolute atomic E-state index is 0.0196. The van der Waals surface area contributed by atoms with Gasteiger partial charge in [0.1, 0.15) is 0 Å². The lowest BCUT2D eigenvalue weighted by Gasteiger charge is -2.15. The highest BCUT2D eigenvalue weighted by Gasteiger charge is 2.11. The lowest BCUT2D eigenvalue weighted by atomic mass is 10.1. The highest BCUT2D eigenvalue weighted by Crippen LogP contribution is 2.27. The summed E-state index contributed by atoms with van der Waals surface area (Å²) < 4.78 is 10.4. The van der Waals surface area contributed by atoms with Gasteiger partial charge in [-0.15, -0.1) is 0 Å². The normalized spacial score (nSPS) is 11.6. The van der Waals surface area contributed by atoms with E-state index in [9.17, 15) is 4.79 Å². The van der Waals surface area contributed by atoms with E-state index >= 15 is 0 Å². The third-order valence-electron chi connectivity index (χ3n) is 3.49. The summed E-state index contributed by atoms with van der Waals surface area (Å²) in [6.45, 7) is 1.97. The first-order valence-electron chi connectivity index (χ1n) is 7.19. The van der Waals surface area contributed by atoms with Crippen LogP contribution >= 0.6 is 0 Å². The number of amides is 1. The van der Waals surface area contributed by atoms with Crippen molar-refractivity contribution in [2.45, 2.75) is 19.4 Å². The molecule has 1 atom stereocenters. The van der Waals surface area contributed by atoms with Gasteiger partial charge in [0.25, 0.3) is 0 Å². The monoisotopic (exact) mass is 299 g/mol. The minimum Gasteiger partial charge on any atom is -0.493 e. The van der Waals surface area contributed by atoms with Gasteiger partial charge >= 0.3 is 0 Å². The first kappa shape index (κ1) is 15.9. The molecule has 1 N–H and O–H groups in total. The van der Waals surface area contributed by atoms with E-state index in [1.54, 1.807) is 14.2 Å². The zero-order chi connectivity index (χ0) is 15.9. The van der Waals surface area contributed by atoms with Crippen molar-refractivity contribution in [2.75, 3.05) is 14.2 Å². The minimum atomic E-state index is -0.0245. The first-order chi connectivity index (χ1) is 10.6. The van der Waals surface area contributed by atoms with Gasteiger partial charge in [-0.05, 0) is 30.2 Å². The standard InChI is InChI=1S/C18H21NO3/c1-13(15-7-5-4-6-8-15)19-18(20)12-14-9-10-16(21-2)17(11-14)22-3/h4-11,13H,12H2,1-3H3,(H,19,20). The molecule has 0 radical (unpaired) electrons. The Labute approximate surface area is 131 Å². The zero-order valence-electron chi connectivity index (χ0n) is 13.1. The van der Waals surface area contributed by atoms with Crippen LogP contribution in [0.25, 0.3) is 0 Å². The van der Waals surface area contributed by atoms with Gasteiger partial charge in [0, 0.05) is 0 Å². The van der Waals surface area contributed by atoms with Crippen LogP contribution in [0.4, 0.5) is 0 Å². The van der Waals surface area contributed by atoms with Crippen LogP contribution in [-0.2, 0) is 11.2 Å². The first-order valence-corrected chi connectivity index (χ1v) is 7.19. The fourth-order valence-corrected chi connectivity index (χ4v) is 2.29. The molecule has 0 saturated heterocycles. The number of hydrogen-bond acceptors (Lipinski definition) is 3. The van der Waals surface area contributed by atoms with Gasteiger partial charge < -0.3 is 14.8 Å². The van der Waals surface area contributed by atoms with Gasteiger partial charge in [0.15, 0.2) is 11.5 Å². The van der Waals surface area contributed by atoms with Crippen LogP contribution < -0.4 is 14.8 Å². The molecule has 4 nitrogen and oxygen atoms in total. The largest absolute Gasteiger partial charge is 0.493 e. The fraction of sp³-hybridized carbons (Fsp3) is 0.278. The quantitative estimate of drug-likeness (QED) is 0.891. The van der Waals surface area contributed by atoms with Crippen molar-refractivity contribution in [3.63, 3.8) is 0 Å². The van der Waals surface area contributed by atoms with E-state index in [0.717, 1.165) is 11.1 Å². The molecule has 0 aromatic heterocycles. The number of benzene rings is 2. The van der Waals surface area contributed by atoms with Crippen LogP contribution in [0.15, 0.2) is 48.5 Å². The van der Waals surface area contributed by atoms with Gasteiger partial charge in [-0.25, -0.2) is 0 Å². The van der Waals surface area contributed by atoms with E-state index in [0.29, 0.717) is 17.9 Å².